The standard InChI is InChI=1S/C24H41NO3Si/c1-9-13-24(19-12-11-14-25-19)18(16-21(27)28-10-2)22(17(3)15-20(24)26)29(7,8)23(4,5)6/h9,17-18,22H,1,10-16H2,2-8H3/t17-,18+,22-,24-/m0/s1. The number of Topliss-reactive ketones (excluding diaryl/α,β-unsaturated/α-hetero) is 1. The topological polar surface area (TPSA) is 55.7 Å². The van der Waals surface area contributed by atoms with Crippen molar-refractivity contribution in [2.45, 2.75) is 90.4 Å². The molecule has 4 atom stereocenters. The first-order valence-electron chi connectivity index (χ1n) is 11.3. The van der Waals surface area contributed by atoms with Gasteiger partial charge in [0.2, 0.25) is 0 Å². The molecule has 0 N–H and O–H groups in total. The molecule has 29 heavy (non-hydrogen) atoms. The van der Waals surface area contributed by atoms with Crippen LogP contribution in [0.25, 0.3) is 0 Å². The predicted molar refractivity (Wildman–Crippen MR) is 123 cm³/mol. The van der Waals surface area contributed by atoms with E-state index in [1.54, 1.807) is 0 Å². The van der Waals surface area contributed by atoms with E-state index in [4.69, 9.17) is 9.73 Å². The number of nitrogens with zero attached hydrogens (tertiary/aromatic N) is 1. The summed E-state index contributed by atoms with van der Waals surface area (Å²) in [6.45, 7) is 21.1. The largest absolute Gasteiger partial charge is 0.466 e. The first-order chi connectivity index (χ1) is 13.4. The van der Waals surface area contributed by atoms with Gasteiger partial charge in [0.15, 0.2) is 0 Å². The molecule has 2 rings (SSSR count). The van der Waals surface area contributed by atoms with E-state index in [-0.39, 0.29) is 28.6 Å². The number of aliphatic imine (C=N–C) groups is 1. The third-order valence-corrected chi connectivity index (χ3v) is 14.5. The number of carbonyl (C=O) groups excluding carboxylic acids is 2. The molecular formula is C24H41NO3Si. The van der Waals surface area contributed by atoms with Crippen LogP contribution in [-0.4, -0.2) is 38.7 Å². The van der Waals surface area contributed by atoms with Crippen LogP contribution in [0.1, 0.15) is 66.7 Å². The second kappa shape index (κ2) is 8.87. The Morgan fingerprint density at radius 1 is 1.38 bits per heavy atom. The van der Waals surface area contributed by atoms with Crippen molar-refractivity contribution >= 4 is 25.5 Å². The summed E-state index contributed by atoms with van der Waals surface area (Å²) in [5.74, 6) is 0.279. The first-order valence-corrected chi connectivity index (χ1v) is 14.3. The van der Waals surface area contributed by atoms with Crippen molar-refractivity contribution in [3.8, 4) is 0 Å². The highest BCUT2D eigenvalue weighted by atomic mass is 28.3. The number of hydrogen-bond acceptors (Lipinski definition) is 4. The summed E-state index contributed by atoms with van der Waals surface area (Å²) in [4.78, 5) is 31.3. The van der Waals surface area contributed by atoms with E-state index in [1.807, 2.05) is 13.0 Å². The van der Waals surface area contributed by atoms with Crippen molar-refractivity contribution in [2.75, 3.05) is 13.2 Å². The molecule has 5 heteroatoms. The Hall–Kier alpha value is -1.23. The van der Waals surface area contributed by atoms with Crippen molar-refractivity contribution < 1.29 is 14.3 Å². The van der Waals surface area contributed by atoms with Crippen LogP contribution in [0.4, 0.5) is 0 Å². The van der Waals surface area contributed by atoms with Gasteiger partial charge in [-0.3, -0.25) is 14.6 Å². The maximum Gasteiger partial charge on any atom is 0.306 e. The van der Waals surface area contributed by atoms with Gasteiger partial charge in [-0.05, 0) is 48.6 Å². The van der Waals surface area contributed by atoms with E-state index >= 15 is 0 Å². The number of allylic oxidation sites excluding steroid dienone is 1. The van der Waals surface area contributed by atoms with E-state index in [0.717, 1.165) is 25.1 Å². The Bertz CT molecular complexity index is 676. The van der Waals surface area contributed by atoms with Gasteiger partial charge in [0, 0.05) is 25.1 Å². The van der Waals surface area contributed by atoms with Crippen LogP contribution < -0.4 is 0 Å². The molecule has 0 aromatic rings. The van der Waals surface area contributed by atoms with Crippen LogP contribution >= 0.6 is 0 Å². The van der Waals surface area contributed by atoms with E-state index < -0.39 is 13.5 Å². The van der Waals surface area contributed by atoms with Crippen LogP contribution in [-0.2, 0) is 14.3 Å². The molecule has 1 fully saturated rings. The lowest BCUT2D eigenvalue weighted by Crippen LogP contribution is -2.59. The van der Waals surface area contributed by atoms with Gasteiger partial charge in [-0.25, -0.2) is 0 Å². The second-order valence-electron chi connectivity index (χ2n) is 10.6. The Kier molecular flexibility index (Phi) is 7.35. The summed E-state index contributed by atoms with van der Waals surface area (Å²) in [7, 11) is -1.87. The minimum absolute atomic E-state index is 0.0615. The van der Waals surface area contributed by atoms with Gasteiger partial charge in [0.05, 0.1) is 20.1 Å². The number of esters is 1. The number of ether oxygens (including phenoxy) is 1. The summed E-state index contributed by atoms with van der Waals surface area (Å²) in [6.07, 6.45) is 5.17. The molecule has 0 bridgehead atoms. The Labute approximate surface area is 178 Å². The zero-order chi connectivity index (χ0) is 22.0. The highest BCUT2D eigenvalue weighted by Crippen LogP contribution is 2.61. The maximum atomic E-state index is 13.7. The van der Waals surface area contributed by atoms with Crippen molar-refractivity contribution in [3.63, 3.8) is 0 Å². The molecule has 0 spiro atoms. The van der Waals surface area contributed by atoms with Gasteiger partial charge in [-0.1, -0.05) is 46.9 Å². The van der Waals surface area contributed by atoms with Crippen LogP contribution in [0.5, 0.6) is 0 Å². The molecule has 4 nitrogen and oxygen atoms in total. The Balaban J connectivity index is 2.69. The molecule has 0 amide bonds. The highest BCUT2D eigenvalue weighted by molar-refractivity contribution is 6.81. The lowest BCUT2D eigenvalue weighted by Gasteiger charge is -2.57. The van der Waals surface area contributed by atoms with E-state index in [2.05, 4.69) is 47.4 Å². The van der Waals surface area contributed by atoms with Crippen molar-refractivity contribution in [3.05, 3.63) is 12.7 Å². The van der Waals surface area contributed by atoms with Gasteiger partial charge < -0.3 is 4.74 Å². The summed E-state index contributed by atoms with van der Waals surface area (Å²) in [6, 6.07) is 0. The third kappa shape index (κ3) is 4.30. The molecule has 0 saturated heterocycles. The SMILES string of the molecule is C=CC[C@]1(C2=NCCC2)C(=O)C[C@H](C)[C@H]([Si](C)(C)C(C)(C)C)[C@H]1CC(=O)OCC. The molecule has 1 heterocycles. The fraction of sp³-hybridized carbons (Fsp3) is 0.792. The molecule has 1 aliphatic carbocycles. The average molecular weight is 420 g/mol. The summed E-state index contributed by atoms with van der Waals surface area (Å²) < 4.78 is 5.40. The molecule has 0 aromatic heterocycles. The van der Waals surface area contributed by atoms with Gasteiger partial charge in [0.1, 0.15) is 5.78 Å². The van der Waals surface area contributed by atoms with Crippen LogP contribution in [0.3, 0.4) is 0 Å². The van der Waals surface area contributed by atoms with Crippen LogP contribution in [0, 0.1) is 17.3 Å². The molecule has 0 aromatic carbocycles. The fourth-order valence-electron chi connectivity index (χ4n) is 5.82. The number of rotatable bonds is 7. The monoisotopic (exact) mass is 419 g/mol. The summed E-state index contributed by atoms with van der Waals surface area (Å²) >= 11 is 0. The maximum absolute atomic E-state index is 13.7. The van der Waals surface area contributed by atoms with Gasteiger partial charge in [-0.15, -0.1) is 6.58 Å². The average Bonchev–Trinajstić information content (AvgIpc) is 3.12. The fourth-order valence-corrected chi connectivity index (χ4v) is 9.76. The Morgan fingerprint density at radius 3 is 2.52 bits per heavy atom. The molecule has 0 radical (unpaired) electrons. The van der Waals surface area contributed by atoms with Crippen LogP contribution in [0.15, 0.2) is 17.6 Å². The minimum atomic E-state index is -1.87. The number of carbonyl (C=O) groups is 2. The lowest BCUT2D eigenvalue weighted by molar-refractivity contribution is -0.147. The molecule has 2 aliphatic rings. The molecule has 1 aliphatic heterocycles. The summed E-state index contributed by atoms with van der Waals surface area (Å²) in [5.41, 5.74) is 0.678. The Morgan fingerprint density at radius 2 is 2.03 bits per heavy atom. The predicted octanol–water partition coefficient (Wildman–Crippen LogP) is 5.84. The van der Waals surface area contributed by atoms with Gasteiger partial charge in [-0.2, -0.15) is 0 Å². The zero-order valence-electron chi connectivity index (χ0n) is 19.6. The highest BCUT2D eigenvalue weighted by Gasteiger charge is 2.61. The first kappa shape index (κ1) is 24.0. The third-order valence-electron chi connectivity index (χ3n) is 8.00. The molecular weight excluding hydrogens is 378 g/mol. The number of ketones is 1. The number of hydrogen-bond donors (Lipinski definition) is 0. The van der Waals surface area contributed by atoms with E-state index in [9.17, 15) is 9.59 Å². The van der Waals surface area contributed by atoms with Gasteiger partial charge >= 0.3 is 5.97 Å². The van der Waals surface area contributed by atoms with Crippen molar-refractivity contribution in [1.82, 2.24) is 0 Å². The van der Waals surface area contributed by atoms with Gasteiger partial charge in [0.25, 0.3) is 0 Å². The van der Waals surface area contributed by atoms with Crippen molar-refractivity contribution in [2.24, 2.45) is 22.2 Å². The lowest BCUT2D eigenvalue weighted by atomic mass is 9.57. The van der Waals surface area contributed by atoms with Crippen molar-refractivity contribution in [1.29, 1.82) is 0 Å². The normalized spacial score (nSPS) is 30.8. The smallest absolute Gasteiger partial charge is 0.306 e. The van der Waals surface area contributed by atoms with Crippen LogP contribution in [0.2, 0.25) is 23.7 Å². The van der Waals surface area contributed by atoms with E-state index in [0.29, 0.717) is 31.4 Å². The molecule has 0 unspecified atom stereocenters. The zero-order valence-corrected chi connectivity index (χ0v) is 20.6. The quantitative estimate of drug-likeness (QED) is 0.296. The molecule has 1 saturated carbocycles. The summed E-state index contributed by atoms with van der Waals surface area (Å²) in [5, 5.41) is 0.163. The van der Waals surface area contributed by atoms with E-state index in [1.165, 1.54) is 0 Å². The second-order valence-corrected chi connectivity index (χ2v) is 16.2. The molecule has 164 valence electrons. The minimum Gasteiger partial charge on any atom is -0.466 e.